The molecule has 0 aliphatic heterocycles. The highest BCUT2D eigenvalue weighted by Crippen LogP contribution is 2.81. The zero-order valence-electron chi connectivity index (χ0n) is 98.3. The van der Waals surface area contributed by atoms with Crippen molar-refractivity contribution in [2.45, 2.75) is 493 Å². The van der Waals surface area contributed by atoms with Crippen LogP contribution in [0.5, 0.6) is 0 Å². The SMILES string of the molecule is CC(=O)O[C@H]1C[C@@]2(C)[C@@H](C[C@@H](N)[C@H]3[C@@]4(C)CC[C@@H](O)[C@@H](C)[C@@H]4CC[C@@]32C)/C1=C(\CCC=C(C)C)C(C)=O.CC(=O)O[C@H]1C[C@@]2(C)[C@@H](C[C@@H](O)[C@H]3[C@@]4(C)CC[C@@H](O)[C@@H](CN)[C@@H]4CC[C@@]32C)/C1=C(\CCC=C(C)C)C(C)=O.CC(=O)O[C@H]1C[C@@]2(C)[C@H](/C1=C(\CCC=C(C)C)C(C)=O)[C@@H](N)C[C@H]1[C@@]3(C)CC[C@@H](O)[C@@H](C)[C@@H]3CC[C@@]12C.CC(=O)O[C@H]1C[C@@]2(C)[C@H](/C1=C(\CCC=C(C)C)C(C)=O)[C@H](N)C[C@H]1[C@@]3(C)CC[C@@H](O)[C@@H](C)[C@@H]3CC[C@@]12C. The average molecular weight is 2070 g/mol. The first-order chi connectivity index (χ1) is 69.2. The molecule has 16 aliphatic carbocycles. The van der Waals surface area contributed by atoms with E-state index in [9.17, 15) is 63.9 Å². The van der Waals surface area contributed by atoms with Crippen molar-refractivity contribution in [3.05, 3.63) is 91.2 Å². The van der Waals surface area contributed by atoms with Crippen molar-refractivity contribution in [3.63, 3.8) is 0 Å². The number of ether oxygens (including phenoxy) is 4. The summed E-state index contributed by atoms with van der Waals surface area (Å²) in [6.07, 6.45) is 33.1. The summed E-state index contributed by atoms with van der Waals surface area (Å²) in [7, 11) is 0. The van der Waals surface area contributed by atoms with Gasteiger partial charge in [0, 0.05) is 63.6 Å². The molecular formula is C128H204N4O17. The lowest BCUT2D eigenvalue weighted by Crippen LogP contribution is -2.67. The number of allylic oxidation sites excluding steroid dienone is 12. The van der Waals surface area contributed by atoms with Gasteiger partial charge in [-0.05, 0) is 482 Å². The van der Waals surface area contributed by atoms with E-state index in [0.717, 1.165) is 205 Å². The van der Waals surface area contributed by atoms with Gasteiger partial charge in [0.15, 0.2) is 23.1 Å². The van der Waals surface area contributed by atoms with E-state index in [2.05, 4.69) is 184 Å². The largest absolute Gasteiger partial charge is 0.458 e. The number of hydrogen-bond donors (Lipinski definition) is 9. The second-order valence-corrected chi connectivity index (χ2v) is 55.9. The highest BCUT2D eigenvalue weighted by atomic mass is 16.6. The van der Waals surface area contributed by atoms with Gasteiger partial charge >= 0.3 is 23.9 Å². The predicted octanol–water partition coefficient (Wildman–Crippen LogP) is 23.5. The molecule has 0 saturated heterocycles. The van der Waals surface area contributed by atoms with Crippen LogP contribution in [0.25, 0.3) is 0 Å². The van der Waals surface area contributed by atoms with E-state index >= 15 is 0 Å². The number of Topliss-reactive ketones (excluding diaryl/α,β-unsaturated/α-hetero) is 4. The minimum Gasteiger partial charge on any atom is -0.458 e. The maximum atomic E-state index is 13.1. The van der Waals surface area contributed by atoms with Crippen LogP contribution in [0.15, 0.2) is 91.2 Å². The molecule has 16 rings (SSSR count). The smallest absolute Gasteiger partial charge is 0.303 e. The summed E-state index contributed by atoms with van der Waals surface area (Å²) in [5.41, 5.74) is 39.3. The molecule has 0 unspecified atom stereocenters. The Morgan fingerprint density at radius 1 is 0.302 bits per heavy atom. The fourth-order valence-electron chi connectivity index (χ4n) is 40.0. The molecule has 16 fully saturated rings. The second kappa shape index (κ2) is 44.9. The summed E-state index contributed by atoms with van der Waals surface area (Å²) in [6, 6.07) is -0.168. The number of nitrogens with two attached hydrogens (primary N) is 4. The Hall–Kier alpha value is -5.88. The molecule has 0 bridgehead atoms. The maximum absolute atomic E-state index is 13.1. The highest BCUT2D eigenvalue weighted by molar-refractivity contribution is 5.96. The Bertz CT molecular complexity index is 5110. The first kappa shape index (κ1) is 120. The van der Waals surface area contributed by atoms with Crippen LogP contribution in [0.2, 0.25) is 0 Å². The Balaban J connectivity index is 0.000000166. The topological polar surface area (TPSA) is 379 Å². The van der Waals surface area contributed by atoms with E-state index in [0.29, 0.717) is 98.8 Å². The molecule has 0 aromatic carbocycles. The van der Waals surface area contributed by atoms with E-state index in [1.807, 2.05) is 0 Å². The van der Waals surface area contributed by atoms with Crippen LogP contribution in [0.3, 0.4) is 0 Å². The van der Waals surface area contributed by atoms with Crippen molar-refractivity contribution < 1.29 is 82.8 Å². The number of rotatable bonds is 21. The monoisotopic (exact) mass is 2070 g/mol. The summed E-state index contributed by atoms with van der Waals surface area (Å²) < 4.78 is 24.1. The normalized spacial score (nSPS) is 46.0. The van der Waals surface area contributed by atoms with Gasteiger partial charge < -0.3 is 67.4 Å². The van der Waals surface area contributed by atoms with Crippen LogP contribution in [0.1, 0.15) is 420 Å². The molecule has 16 saturated carbocycles. The first-order valence-corrected chi connectivity index (χ1v) is 58.8. The number of carbonyl (C=O) groups excluding carboxylic acids is 8. The van der Waals surface area contributed by atoms with Gasteiger partial charge in [-0.1, -0.05) is 150 Å². The van der Waals surface area contributed by atoms with Gasteiger partial charge in [-0.2, -0.15) is 0 Å². The average Bonchev–Trinajstić information content (AvgIpc) is 1.57. The summed E-state index contributed by atoms with van der Waals surface area (Å²) >= 11 is 0. The summed E-state index contributed by atoms with van der Waals surface area (Å²) in [5, 5.41) is 54.9. The van der Waals surface area contributed by atoms with Crippen molar-refractivity contribution in [1.82, 2.24) is 0 Å². The number of ketones is 4. The van der Waals surface area contributed by atoms with E-state index in [1.165, 1.54) is 50.0 Å². The van der Waals surface area contributed by atoms with Gasteiger partial charge in [-0.15, -0.1) is 0 Å². The molecule has 0 spiro atoms. The Morgan fingerprint density at radius 3 is 0.886 bits per heavy atom. The molecule has 0 amide bonds. The molecule has 0 heterocycles. The second-order valence-electron chi connectivity index (χ2n) is 55.9. The van der Waals surface area contributed by atoms with Crippen LogP contribution in [-0.4, -0.2) is 152 Å². The molecule has 149 heavy (non-hydrogen) atoms. The van der Waals surface area contributed by atoms with Gasteiger partial charge in [-0.25, -0.2) is 0 Å². The van der Waals surface area contributed by atoms with Gasteiger partial charge in [0.25, 0.3) is 0 Å². The lowest BCUT2D eigenvalue weighted by Gasteiger charge is -2.69. The Morgan fingerprint density at radius 2 is 0.570 bits per heavy atom. The minimum atomic E-state index is -0.531. The Kier molecular flexibility index (Phi) is 36.2. The number of aliphatic hydroxyl groups is 5. The molecule has 838 valence electrons. The van der Waals surface area contributed by atoms with E-state index in [1.54, 1.807) is 27.7 Å². The van der Waals surface area contributed by atoms with E-state index in [-0.39, 0.29) is 208 Å². The lowest BCUT2D eigenvalue weighted by atomic mass is 9.36. The fourth-order valence-corrected chi connectivity index (χ4v) is 40.0. The number of hydrogen-bond acceptors (Lipinski definition) is 21. The van der Waals surface area contributed by atoms with E-state index in [4.69, 9.17) is 41.9 Å². The molecule has 0 aromatic heterocycles. The number of esters is 4. The number of carbonyl (C=O) groups is 8. The third-order valence-corrected chi connectivity index (χ3v) is 47.3. The van der Waals surface area contributed by atoms with Gasteiger partial charge in [0.2, 0.25) is 0 Å². The molecule has 13 N–H and O–H groups in total. The summed E-state index contributed by atoms with van der Waals surface area (Å²) in [6.45, 7) is 65.2. The number of fused-ring (bicyclic) bond motifs is 20. The highest BCUT2D eigenvalue weighted by Gasteiger charge is 2.77. The minimum absolute atomic E-state index is 0.00962. The third-order valence-electron chi connectivity index (χ3n) is 47.3. The zero-order valence-corrected chi connectivity index (χ0v) is 98.3. The van der Waals surface area contributed by atoms with Crippen molar-refractivity contribution in [3.8, 4) is 0 Å². The van der Waals surface area contributed by atoms with Gasteiger partial charge in [-0.3, -0.25) is 38.4 Å². The molecule has 21 nitrogen and oxygen atoms in total. The van der Waals surface area contributed by atoms with Crippen LogP contribution in [-0.2, 0) is 57.3 Å². The molecule has 40 atom stereocenters. The van der Waals surface area contributed by atoms with Gasteiger partial charge in [0.05, 0.1) is 30.5 Å². The van der Waals surface area contributed by atoms with Crippen molar-refractivity contribution in [2.24, 2.45) is 183 Å². The summed E-state index contributed by atoms with van der Waals surface area (Å²) in [5.74, 6) is 3.19. The number of aliphatic hydroxyl groups excluding tert-OH is 5. The van der Waals surface area contributed by atoms with Gasteiger partial charge in [0.1, 0.15) is 24.4 Å². The first-order valence-electron chi connectivity index (χ1n) is 58.8. The fraction of sp³-hybridized carbons (Fsp3) is 0.812. The van der Waals surface area contributed by atoms with Crippen molar-refractivity contribution in [2.75, 3.05) is 6.54 Å². The van der Waals surface area contributed by atoms with Crippen LogP contribution >= 0.6 is 0 Å². The summed E-state index contributed by atoms with van der Waals surface area (Å²) in [4.78, 5) is 102. The zero-order chi connectivity index (χ0) is 111. The lowest BCUT2D eigenvalue weighted by molar-refractivity contribution is -0.234. The molecule has 0 aromatic rings. The standard InChI is InChI=1S/C32H51NO5.3C32H51NO4/c1-18(2)9-8-10-21(19(3)34)28-24-15-26(37)29-30(5)13-12-25(36)22(17-33)23(30)11-14-31(29,6)32(24,7)16-27(28)38-20(4)35;1-18(2)10-9-11-22(20(4)34)28-24-16-25(33)29-30(6)14-13-26(36)19(3)23(30)12-15-31(29,7)32(24,8)17-27(28)37-21(5)35;2*1-18(2)10-9-11-22(20(4)34)28-26(37-21(5)35)17-32(8)29(28)24(33)16-27-30(6)14-13-25(36)19(3)23(30)12-15-31(27,32)7/h9,22-27,29,36-37H,8,10-17,33H2,1-7H3;3*10,19,23-27,29,36H,9,11-17,33H2,1-8H3/b28-21-;28-22-;2*28-22+/t22-,23-,24-,25+,26+,27-,29-,30-,31-,32-;19-,23-,24-,25+,26+,27-,29-,30-,31-,32-;19-,23-,24+,25+,26-,27-,29-,30-,31-,32-;19-,23-,24-,25+,26-,27-,29-,30-,31-,32-/m0000/s1. The maximum Gasteiger partial charge on any atom is 0.303 e. The molecule has 21 heteroatoms. The molecule has 16 aliphatic rings. The van der Waals surface area contributed by atoms with Crippen molar-refractivity contribution >= 4 is 47.0 Å². The van der Waals surface area contributed by atoms with Crippen LogP contribution in [0.4, 0.5) is 0 Å². The molecular weight excluding hydrogens is 1870 g/mol. The third kappa shape index (κ3) is 21.0. The Labute approximate surface area is 898 Å². The van der Waals surface area contributed by atoms with Crippen LogP contribution in [0, 0.1) is 160 Å². The van der Waals surface area contributed by atoms with Crippen molar-refractivity contribution in [1.29, 1.82) is 0 Å². The van der Waals surface area contributed by atoms with Crippen LogP contribution < -0.4 is 22.9 Å². The predicted molar refractivity (Wildman–Crippen MR) is 592 cm³/mol. The van der Waals surface area contributed by atoms with E-state index < -0.39 is 24.4 Å². The quantitative estimate of drug-likeness (QED) is 0.0223. The molecule has 0 radical (unpaired) electrons.